The summed E-state index contributed by atoms with van der Waals surface area (Å²) in [6.07, 6.45) is -3.66. The number of methoxy groups -OCH3 is 1. The number of hydrogen-bond acceptors (Lipinski definition) is 6. The van der Waals surface area contributed by atoms with E-state index in [1.807, 2.05) is 32.9 Å². The quantitative estimate of drug-likeness (QED) is 0.473. The molecule has 34 heavy (non-hydrogen) atoms. The van der Waals surface area contributed by atoms with Crippen molar-refractivity contribution in [2.75, 3.05) is 19.0 Å². The zero-order valence-corrected chi connectivity index (χ0v) is 19.1. The lowest BCUT2D eigenvalue weighted by atomic mass is 9.84. The SMILES string of the molecule is COc1cc(C(=O)O)cc(-c2nc(NCC(C)(C)c3ccc4c(c3)OC(F)(F)O4)ccc2C)c1. The van der Waals surface area contributed by atoms with E-state index in [-0.39, 0.29) is 17.1 Å². The number of halogens is 2. The van der Waals surface area contributed by atoms with Crippen LogP contribution in [0.3, 0.4) is 0 Å². The number of carboxylic acid groups (broad SMARTS) is 1. The Bertz CT molecular complexity index is 1260. The molecule has 4 rings (SSSR count). The number of benzene rings is 2. The molecular weight excluding hydrogens is 446 g/mol. The summed E-state index contributed by atoms with van der Waals surface area (Å²) in [5.74, 6) is -0.0556. The molecule has 7 nitrogen and oxygen atoms in total. The van der Waals surface area contributed by atoms with Crippen LogP contribution in [0.2, 0.25) is 0 Å². The lowest BCUT2D eigenvalue weighted by Crippen LogP contribution is -2.28. The van der Waals surface area contributed by atoms with E-state index >= 15 is 0 Å². The average Bonchev–Trinajstić information content (AvgIpc) is 3.11. The summed E-state index contributed by atoms with van der Waals surface area (Å²) in [6.45, 7) is 6.26. The minimum atomic E-state index is -3.66. The molecule has 1 aliphatic rings. The van der Waals surface area contributed by atoms with E-state index in [2.05, 4.69) is 19.8 Å². The highest BCUT2D eigenvalue weighted by Gasteiger charge is 2.43. The van der Waals surface area contributed by atoms with E-state index < -0.39 is 17.7 Å². The first-order valence-corrected chi connectivity index (χ1v) is 10.5. The van der Waals surface area contributed by atoms with Crippen LogP contribution in [0.25, 0.3) is 11.3 Å². The normalized spacial score (nSPS) is 14.1. The van der Waals surface area contributed by atoms with Crippen molar-refractivity contribution in [3.05, 3.63) is 65.2 Å². The third-order valence-electron chi connectivity index (χ3n) is 5.65. The fraction of sp³-hybridized carbons (Fsp3) is 0.280. The van der Waals surface area contributed by atoms with Gasteiger partial charge in [0, 0.05) is 17.5 Å². The molecule has 0 saturated heterocycles. The number of nitrogens with zero attached hydrogens (tertiary/aromatic N) is 1. The maximum Gasteiger partial charge on any atom is 0.586 e. The summed E-state index contributed by atoms with van der Waals surface area (Å²) < 4.78 is 41.0. The molecule has 1 aliphatic heterocycles. The Hall–Kier alpha value is -3.88. The van der Waals surface area contributed by atoms with Gasteiger partial charge in [-0.15, -0.1) is 8.78 Å². The summed E-state index contributed by atoms with van der Waals surface area (Å²) in [7, 11) is 1.47. The smallest absolute Gasteiger partial charge is 0.497 e. The fourth-order valence-electron chi connectivity index (χ4n) is 3.68. The highest BCUT2D eigenvalue weighted by atomic mass is 19.3. The lowest BCUT2D eigenvalue weighted by molar-refractivity contribution is -0.286. The van der Waals surface area contributed by atoms with Gasteiger partial charge in [-0.2, -0.15) is 0 Å². The number of ether oxygens (including phenoxy) is 3. The van der Waals surface area contributed by atoms with E-state index in [0.717, 1.165) is 11.1 Å². The van der Waals surface area contributed by atoms with Crippen LogP contribution in [-0.2, 0) is 5.41 Å². The Kier molecular flexibility index (Phi) is 5.80. The van der Waals surface area contributed by atoms with Gasteiger partial charge in [0.05, 0.1) is 18.4 Å². The van der Waals surface area contributed by atoms with E-state index in [4.69, 9.17) is 4.74 Å². The molecule has 0 radical (unpaired) electrons. The largest absolute Gasteiger partial charge is 0.586 e. The van der Waals surface area contributed by atoms with Crippen LogP contribution in [0.5, 0.6) is 17.2 Å². The molecule has 0 saturated carbocycles. The molecule has 2 heterocycles. The van der Waals surface area contributed by atoms with Crippen LogP contribution < -0.4 is 19.5 Å². The molecule has 2 aromatic carbocycles. The number of nitrogens with one attached hydrogen (secondary N) is 1. The lowest BCUT2D eigenvalue weighted by Gasteiger charge is -2.26. The van der Waals surface area contributed by atoms with Crippen molar-refractivity contribution in [2.24, 2.45) is 0 Å². The predicted octanol–water partition coefficient (Wildman–Crippen LogP) is 5.48. The number of carbonyl (C=O) groups is 1. The number of fused-ring (bicyclic) bond motifs is 1. The van der Waals surface area contributed by atoms with Gasteiger partial charge in [-0.1, -0.05) is 26.0 Å². The standard InChI is InChI=1S/C25H24F2N2O5/c1-14-5-8-21(29-22(14)15-9-16(23(30)31)11-18(10-15)32-4)28-13-24(2,3)17-6-7-19-20(12-17)34-25(26,27)33-19/h5-12H,13H2,1-4H3,(H,28,29)(H,30,31). The zero-order chi connectivity index (χ0) is 24.7. The number of alkyl halides is 2. The maximum atomic E-state index is 13.4. The molecular formula is C25H24F2N2O5. The van der Waals surface area contributed by atoms with Crippen molar-refractivity contribution in [3.63, 3.8) is 0 Å². The minimum absolute atomic E-state index is 0.00127. The number of aromatic carboxylic acids is 1. The summed E-state index contributed by atoms with van der Waals surface area (Å²) >= 11 is 0. The van der Waals surface area contributed by atoms with Crippen molar-refractivity contribution >= 4 is 11.8 Å². The van der Waals surface area contributed by atoms with Crippen LogP contribution in [-0.4, -0.2) is 36.0 Å². The average molecular weight is 470 g/mol. The van der Waals surface area contributed by atoms with Crippen molar-refractivity contribution in [1.82, 2.24) is 4.98 Å². The number of aromatic nitrogens is 1. The Balaban J connectivity index is 1.57. The second-order valence-electron chi connectivity index (χ2n) is 8.68. The van der Waals surface area contributed by atoms with Gasteiger partial charge in [0.2, 0.25) is 0 Å². The van der Waals surface area contributed by atoms with E-state index in [1.165, 1.54) is 19.2 Å². The Labute approximate surface area is 195 Å². The monoisotopic (exact) mass is 470 g/mol. The second-order valence-corrected chi connectivity index (χ2v) is 8.68. The number of carboxylic acids is 1. The third kappa shape index (κ3) is 4.73. The van der Waals surface area contributed by atoms with Crippen molar-refractivity contribution in [1.29, 1.82) is 0 Å². The van der Waals surface area contributed by atoms with Crippen molar-refractivity contribution in [3.8, 4) is 28.5 Å². The summed E-state index contributed by atoms with van der Waals surface area (Å²) in [6, 6.07) is 13.2. The van der Waals surface area contributed by atoms with Gasteiger partial charge in [0.1, 0.15) is 11.6 Å². The maximum absolute atomic E-state index is 13.4. The number of hydrogen-bond donors (Lipinski definition) is 2. The highest BCUT2D eigenvalue weighted by Crippen LogP contribution is 2.43. The number of rotatable bonds is 7. The molecule has 1 aromatic heterocycles. The van der Waals surface area contributed by atoms with Crippen LogP contribution in [0.15, 0.2) is 48.5 Å². The summed E-state index contributed by atoms with van der Waals surface area (Å²) in [5.41, 5.74) is 2.53. The zero-order valence-electron chi connectivity index (χ0n) is 19.1. The molecule has 0 fully saturated rings. The summed E-state index contributed by atoms with van der Waals surface area (Å²) in [5, 5.41) is 12.7. The molecule has 0 spiro atoms. The minimum Gasteiger partial charge on any atom is -0.497 e. The first kappa shape index (κ1) is 23.3. The molecule has 0 atom stereocenters. The molecule has 178 valence electrons. The number of anilines is 1. The summed E-state index contributed by atoms with van der Waals surface area (Å²) in [4.78, 5) is 16.2. The van der Waals surface area contributed by atoms with Gasteiger partial charge in [-0.25, -0.2) is 9.78 Å². The predicted molar refractivity (Wildman–Crippen MR) is 122 cm³/mol. The first-order chi connectivity index (χ1) is 16.0. The van der Waals surface area contributed by atoms with Gasteiger partial charge < -0.3 is 24.6 Å². The highest BCUT2D eigenvalue weighted by molar-refractivity contribution is 5.90. The van der Waals surface area contributed by atoms with E-state index in [9.17, 15) is 18.7 Å². The molecule has 0 aliphatic carbocycles. The number of aryl methyl sites for hydroxylation is 1. The van der Waals surface area contributed by atoms with Gasteiger partial charge in [0.25, 0.3) is 0 Å². The van der Waals surface area contributed by atoms with Crippen LogP contribution in [0, 0.1) is 6.92 Å². The van der Waals surface area contributed by atoms with Gasteiger partial charge >= 0.3 is 12.3 Å². The fourth-order valence-corrected chi connectivity index (χ4v) is 3.68. The Morgan fingerprint density at radius 3 is 2.56 bits per heavy atom. The molecule has 9 heteroatoms. The van der Waals surface area contributed by atoms with Gasteiger partial charge in [0.15, 0.2) is 11.5 Å². The van der Waals surface area contributed by atoms with Crippen molar-refractivity contribution < 1.29 is 32.9 Å². The van der Waals surface area contributed by atoms with Gasteiger partial charge in [-0.3, -0.25) is 0 Å². The van der Waals surface area contributed by atoms with Crippen LogP contribution in [0.4, 0.5) is 14.6 Å². The molecule has 0 unspecified atom stereocenters. The van der Waals surface area contributed by atoms with Crippen molar-refractivity contribution in [2.45, 2.75) is 32.5 Å². The topological polar surface area (TPSA) is 89.9 Å². The van der Waals surface area contributed by atoms with E-state index in [1.54, 1.807) is 24.3 Å². The number of pyridine rings is 1. The molecule has 2 N–H and O–H groups in total. The molecule has 0 amide bonds. The van der Waals surface area contributed by atoms with Gasteiger partial charge in [-0.05, 0) is 54.4 Å². The molecule has 3 aromatic rings. The Morgan fingerprint density at radius 1 is 1.12 bits per heavy atom. The third-order valence-corrected chi connectivity index (χ3v) is 5.65. The van der Waals surface area contributed by atoms with Crippen LogP contribution in [0.1, 0.15) is 35.3 Å². The van der Waals surface area contributed by atoms with E-state index in [0.29, 0.717) is 29.4 Å². The van der Waals surface area contributed by atoms with Crippen LogP contribution >= 0.6 is 0 Å². The second kappa shape index (κ2) is 8.48. The first-order valence-electron chi connectivity index (χ1n) is 10.5. The Morgan fingerprint density at radius 2 is 1.85 bits per heavy atom. The molecule has 0 bridgehead atoms.